The van der Waals surface area contributed by atoms with Crippen molar-refractivity contribution in [1.29, 1.82) is 0 Å². The first-order chi connectivity index (χ1) is 62.9. The third-order valence-electron chi connectivity index (χ3n) is 27.3. The Hall–Kier alpha value is 1.13. The minimum absolute atomic E-state index is 0. The summed E-state index contributed by atoms with van der Waals surface area (Å²) in [6, 6.07) is 0. The molecule has 0 atom stereocenters. The van der Waals surface area contributed by atoms with Crippen molar-refractivity contribution in [1.82, 2.24) is 19.6 Å². The molecular weight excluding hydrogens is 1800 g/mol. The van der Waals surface area contributed by atoms with E-state index in [1.54, 1.807) is 0 Å². The van der Waals surface area contributed by atoms with Gasteiger partial charge in [-0.15, -0.1) is 0 Å². The van der Waals surface area contributed by atoms with E-state index in [1.165, 1.54) is 616 Å². The molecule has 0 saturated carbocycles. The van der Waals surface area contributed by atoms with Gasteiger partial charge in [0.25, 0.3) is 0 Å². The van der Waals surface area contributed by atoms with Gasteiger partial charge in [0.05, 0.1) is 0 Å². The largest absolute Gasteiger partial charge is 4.00 e. The third kappa shape index (κ3) is 125. The molecule has 129 heavy (non-hydrogen) atoms. The van der Waals surface area contributed by atoms with Crippen LogP contribution in [0.2, 0.25) is 0 Å². The van der Waals surface area contributed by atoms with Gasteiger partial charge in [0, 0.05) is 52.4 Å². The summed E-state index contributed by atoms with van der Waals surface area (Å²) < 4.78 is 2.76. The van der Waals surface area contributed by atoms with Crippen LogP contribution >= 0.6 is 48.9 Å². The van der Waals surface area contributed by atoms with E-state index < -0.39 is 0 Å². The van der Waals surface area contributed by atoms with Crippen LogP contribution in [-0.2, 0) is 71.6 Å². The summed E-state index contributed by atoms with van der Waals surface area (Å²) >= 11 is 42.6. The number of hydrogen-bond acceptors (Lipinski definition) is 8. The van der Waals surface area contributed by atoms with Crippen LogP contribution in [0.4, 0.5) is 0 Å². The number of hydrogen-bond donors (Lipinski definition) is 0. The molecular formula is C116H232MoN4S8. The van der Waals surface area contributed by atoms with Crippen molar-refractivity contribution >= 4 is 117 Å². The smallest absolute Gasteiger partial charge is 0.411 e. The zero-order valence-electron chi connectivity index (χ0n) is 89.0. The van der Waals surface area contributed by atoms with Gasteiger partial charge in [-0.3, -0.25) is 0 Å². The third-order valence-corrected chi connectivity index (χ3v) is 29.4. The van der Waals surface area contributed by atoms with Gasteiger partial charge >= 0.3 is 21.1 Å². The van der Waals surface area contributed by atoms with Gasteiger partial charge in [-0.25, -0.2) is 0 Å². The van der Waals surface area contributed by atoms with Crippen molar-refractivity contribution in [3.63, 3.8) is 0 Å². The van der Waals surface area contributed by atoms with E-state index in [9.17, 15) is 0 Å². The number of unbranched alkanes of at least 4 members (excludes halogenated alkanes) is 88. The van der Waals surface area contributed by atoms with Gasteiger partial charge in [-0.1, -0.05) is 638 Å². The molecule has 0 aromatic heterocycles. The second kappa shape index (κ2) is 127. The first-order valence-corrected chi connectivity index (χ1v) is 62.0. The van der Waals surface area contributed by atoms with E-state index in [2.05, 4.69) is 75.0 Å². The Bertz CT molecular complexity index is 1780. The number of nitrogens with zero attached hydrogens (tertiary/aromatic N) is 4. The summed E-state index contributed by atoms with van der Waals surface area (Å²) in [6.07, 6.45) is 134. The summed E-state index contributed by atoms with van der Waals surface area (Å²) in [6.45, 7) is 27.0. The monoisotopic (exact) mass is 2040 g/mol. The molecule has 0 spiro atoms. The molecule has 0 rings (SSSR count). The van der Waals surface area contributed by atoms with Gasteiger partial charge < -0.3 is 119 Å². The van der Waals surface area contributed by atoms with Crippen LogP contribution < -0.4 is 0 Å². The van der Waals surface area contributed by atoms with Crippen molar-refractivity contribution in [3.8, 4) is 0 Å². The van der Waals surface area contributed by atoms with Gasteiger partial charge in [0.15, 0.2) is 0 Å². The summed E-state index contributed by atoms with van der Waals surface area (Å²) in [5.74, 6) is 0. The normalized spacial score (nSPS) is 11.1. The van der Waals surface area contributed by atoms with Crippen molar-refractivity contribution < 1.29 is 21.1 Å². The first-order valence-electron chi connectivity index (χ1n) is 58.7. The molecule has 0 radical (unpaired) electrons. The van der Waals surface area contributed by atoms with E-state index in [0.29, 0.717) is 17.3 Å². The molecule has 0 N–H and O–H groups in total. The number of rotatable bonds is 104. The zero-order valence-corrected chi connectivity index (χ0v) is 97.5. The molecule has 0 unspecified atom stereocenters. The quantitative estimate of drug-likeness (QED) is 0.0249. The van der Waals surface area contributed by atoms with E-state index >= 15 is 0 Å². The topological polar surface area (TPSA) is 13.0 Å². The zero-order chi connectivity index (χ0) is 94.2. The fraction of sp³-hybridized carbons (Fsp3) is 0.966. The maximum absolute atomic E-state index is 5.33. The predicted molar refractivity (Wildman–Crippen MR) is 615 cm³/mol. The molecule has 0 heterocycles. The Labute approximate surface area is 873 Å². The Balaban J connectivity index is -0.000000528. The molecule has 0 aliphatic carbocycles. The van der Waals surface area contributed by atoms with Gasteiger partial charge in [-0.05, 0) is 51.4 Å². The second-order valence-electron chi connectivity index (χ2n) is 40.1. The fourth-order valence-corrected chi connectivity index (χ4v) is 19.8. The Morgan fingerprint density at radius 2 is 0.171 bits per heavy atom. The molecule has 0 aliphatic heterocycles. The molecule has 0 saturated heterocycles. The molecule has 4 nitrogen and oxygen atoms in total. The first kappa shape index (κ1) is 139. The molecule has 0 amide bonds. The summed E-state index contributed by atoms with van der Waals surface area (Å²) in [4.78, 5) is 9.15. The minimum Gasteiger partial charge on any atom is -0.411 e. The van der Waals surface area contributed by atoms with Crippen molar-refractivity contribution in [2.75, 3.05) is 52.4 Å². The van der Waals surface area contributed by atoms with Crippen molar-refractivity contribution in [2.24, 2.45) is 0 Å². The molecule has 0 aromatic rings. The van der Waals surface area contributed by atoms with E-state index in [0.717, 1.165) is 52.4 Å². The summed E-state index contributed by atoms with van der Waals surface area (Å²) in [5, 5.41) is 0. The van der Waals surface area contributed by atoms with Gasteiger partial charge in [-0.2, -0.15) is 0 Å². The molecule has 0 fully saturated rings. The Morgan fingerprint density at radius 3 is 0.225 bits per heavy atom. The standard InChI is InChI=1S/4C29H59NS2.Mo/c4*1-3-5-7-9-11-13-15-16-17-18-20-22-24-26-28-30(29(31)32)27-25-23-21-19-14-12-10-8-6-4-2;/h4*3-28H2,1-2H3,(H,31,32);/q;;;;+4/p-4. The average molecular weight is 2040 g/mol. The van der Waals surface area contributed by atoms with Crippen LogP contribution in [0.15, 0.2) is 0 Å². The van der Waals surface area contributed by atoms with Crippen LogP contribution in [0, 0.1) is 0 Å². The van der Waals surface area contributed by atoms with Crippen LogP contribution in [0.3, 0.4) is 0 Å². The maximum Gasteiger partial charge on any atom is 4.00 e. The predicted octanol–water partition coefficient (Wildman–Crippen LogP) is 42.1. The van der Waals surface area contributed by atoms with Gasteiger partial charge in [0.2, 0.25) is 0 Å². The minimum atomic E-state index is 0. The molecule has 770 valence electrons. The SMILES string of the molecule is CCCCCCCCCCCCCCCCN(CCCCCCCCCCCC)C(=S)[S-].CCCCCCCCCCCCCCCCN(CCCCCCCCCCCC)C(=S)[S-].CCCCCCCCCCCCCCCCN(CCCCCCCCCCCC)C(=S)[S-].CCCCCCCCCCCCCCCCN(CCCCCCCCCCCC)C(=S)[S-].[Mo+4]. The summed E-state index contributed by atoms with van der Waals surface area (Å²) in [5.41, 5.74) is 0. The van der Waals surface area contributed by atoms with Crippen LogP contribution in [0.1, 0.15) is 672 Å². The van der Waals surface area contributed by atoms with Crippen molar-refractivity contribution in [2.45, 2.75) is 672 Å². The van der Waals surface area contributed by atoms with Crippen LogP contribution in [0.25, 0.3) is 0 Å². The molecule has 0 bridgehead atoms. The van der Waals surface area contributed by atoms with Crippen molar-refractivity contribution in [3.05, 3.63) is 0 Å². The molecule has 0 aliphatic rings. The van der Waals surface area contributed by atoms with E-state index in [1.807, 2.05) is 0 Å². The Morgan fingerprint density at radius 1 is 0.116 bits per heavy atom. The van der Waals surface area contributed by atoms with E-state index in [4.69, 9.17) is 99.4 Å². The van der Waals surface area contributed by atoms with Crippen LogP contribution in [0.5, 0.6) is 0 Å². The second-order valence-corrected chi connectivity index (χ2v) is 44.3. The van der Waals surface area contributed by atoms with E-state index in [-0.39, 0.29) is 21.1 Å². The van der Waals surface area contributed by atoms with Gasteiger partial charge in [0.1, 0.15) is 0 Å². The average Bonchev–Trinajstić information content (AvgIpc) is 0.982. The van der Waals surface area contributed by atoms with Crippen LogP contribution in [-0.4, -0.2) is 89.2 Å². The fourth-order valence-electron chi connectivity index (χ4n) is 18.3. The maximum atomic E-state index is 5.33. The Kier molecular flexibility index (Phi) is 137. The molecule has 13 heteroatoms. The molecule has 0 aromatic carbocycles. The summed E-state index contributed by atoms with van der Waals surface area (Å²) in [7, 11) is 0. The number of thiocarbonyl (C=S) groups is 4.